The molecule has 0 bridgehead atoms. The smallest absolute Gasteiger partial charge is 0.239 e. The van der Waals surface area contributed by atoms with Crippen molar-refractivity contribution >= 4 is 0 Å². The molecule has 3 heterocycles. The van der Waals surface area contributed by atoms with E-state index >= 15 is 0 Å². The van der Waals surface area contributed by atoms with Crippen LogP contribution in [0.4, 0.5) is 4.39 Å². The van der Waals surface area contributed by atoms with Crippen LogP contribution in [-0.4, -0.2) is 29.5 Å². The van der Waals surface area contributed by atoms with Gasteiger partial charge in [-0.15, -0.1) is 5.10 Å². The average molecular weight is 284 g/mol. The Kier molecular flexibility index (Phi) is 2.60. The van der Waals surface area contributed by atoms with E-state index in [0.717, 1.165) is 5.56 Å². The Hall–Kier alpha value is -2.57. The second-order valence-electron chi connectivity index (χ2n) is 5.06. The van der Waals surface area contributed by atoms with E-state index in [0.29, 0.717) is 24.0 Å². The van der Waals surface area contributed by atoms with Crippen molar-refractivity contribution in [1.82, 2.24) is 29.5 Å². The van der Waals surface area contributed by atoms with Crippen molar-refractivity contribution in [3.05, 3.63) is 53.9 Å². The number of rotatable bonds is 2. The average Bonchev–Trinajstić information content (AvgIpc) is 3.17. The molecule has 0 amide bonds. The van der Waals surface area contributed by atoms with Crippen LogP contribution in [0.3, 0.4) is 0 Å². The van der Waals surface area contributed by atoms with Crippen molar-refractivity contribution in [3.63, 3.8) is 0 Å². The van der Waals surface area contributed by atoms with E-state index in [4.69, 9.17) is 0 Å². The van der Waals surface area contributed by atoms with Crippen molar-refractivity contribution in [2.45, 2.75) is 25.6 Å². The van der Waals surface area contributed by atoms with Gasteiger partial charge in [-0.1, -0.05) is 30.3 Å². The van der Waals surface area contributed by atoms with Crippen LogP contribution < -0.4 is 0 Å². The first-order chi connectivity index (χ1) is 10.2. The number of fused-ring (bicyclic) bond motifs is 1. The summed E-state index contributed by atoms with van der Waals surface area (Å²) in [4.78, 5) is 8.33. The summed E-state index contributed by atoms with van der Waals surface area (Å²) in [6.45, 7) is 1.81. The van der Waals surface area contributed by atoms with Gasteiger partial charge in [0, 0.05) is 6.42 Å². The number of nitrogens with zero attached hydrogens (tertiary/aromatic N) is 6. The predicted octanol–water partition coefficient (Wildman–Crippen LogP) is 2.17. The van der Waals surface area contributed by atoms with Crippen LogP contribution in [0.5, 0.6) is 0 Å². The molecule has 1 aliphatic rings. The van der Waals surface area contributed by atoms with Crippen molar-refractivity contribution < 1.29 is 4.39 Å². The minimum Gasteiger partial charge on any atom is -0.239 e. The maximum Gasteiger partial charge on any atom is 0.271 e. The third kappa shape index (κ3) is 1.84. The molecular weight excluding hydrogens is 271 g/mol. The molecule has 7 heteroatoms. The van der Waals surface area contributed by atoms with Crippen LogP contribution in [0, 0.1) is 6.92 Å². The highest BCUT2D eigenvalue weighted by Crippen LogP contribution is 2.39. The van der Waals surface area contributed by atoms with Crippen LogP contribution in [-0.2, 0) is 0 Å². The maximum absolute atomic E-state index is 14.2. The number of benzene rings is 1. The van der Waals surface area contributed by atoms with Gasteiger partial charge in [-0.3, -0.25) is 0 Å². The Bertz CT molecular complexity index is 778. The van der Waals surface area contributed by atoms with Crippen molar-refractivity contribution in [1.29, 1.82) is 0 Å². The van der Waals surface area contributed by atoms with Gasteiger partial charge in [-0.05, 0) is 12.5 Å². The van der Waals surface area contributed by atoms with E-state index in [2.05, 4.69) is 20.2 Å². The lowest BCUT2D eigenvalue weighted by Crippen LogP contribution is -2.09. The highest BCUT2D eigenvalue weighted by molar-refractivity contribution is 5.25. The van der Waals surface area contributed by atoms with Crippen LogP contribution in [0.25, 0.3) is 5.95 Å². The molecule has 3 aromatic rings. The van der Waals surface area contributed by atoms with Gasteiger partial charge in [0.05, 0.1) is 6.04 Å². The summed E-state index contributed by atoms with van der Waals surface area (Å²) in [5.41, 5.74) is 1.03. The second-order valence-corrected chi connectivity index (χ2v) is 5.06. The van der Waals surface area contributed by atoms with Gasteiger partial charge < -0.3 is 0 Å². The number of hydrogen-bond acceptors (Lipinski definition) is 4. The summed E-state index contributed by atoms with van der Waals surface area (Å²) < 4.78 is 17.4. The van der Waals surface area contributed by atoms with Crippen molar-refractivity contribution in [2.24, 2.45) is 0 Å². The lowest BCUT2D eigenvalue weighted by atomic mass is 10.0. The maximum atomic E-state index is 14.2. The van der Waals surface area contributed by atoms with Crippen LogP contribution in [0.2, 0.25) is 0 Å². The number of aryl methyl sites for hydroxylation is 1. The molecule has 6 nitrogen and oxygen atoms in total. The van der Waals surface area contributed by atoms with E-state index < -0.39 is 6.17 Å². The normalized spacial score (nSPS) is 20.7. The topological polar surface area (TPSA) is 61.4 Å². The molecule has 4 rings (SSSR count). The zero-order valence-corrected chi connectivity index (χ0v) is 11.4. The third-order valence-corrected chi connectivity index (χ3v) is 3.74. The largest absolute Gasteiger partial charge is 0.271 e. The minimum atomic E-state index is -1.11. The molecule has 21 heavy (non-hydrogen) atoms. The molecule has 1 aromatic carbocycles. The lowest BCUT2D eigenvalue weighted by molar-refractivity contribution is 0.328. The van der Waals surface area contributed by atoms with E-state index in [1.807, 2.05) is 30.3 Å². The lowest BCUT2D eigenvalue weighted by Gasteiger charge is -2.11. The van der Waals surface area contributed by atoms with Gasteiger partial charge in [0.25, 0.3) is 5.95 Å². The highest BCUT2D eigenvalue weighted by atomic mass is 19.1. The van der Waals surface area contributed by atoms with Gasteiger partial charge in [0.2, 0.25) is 0 Å². The molecule has 0 saturated carbocycles. The molecule has 0 N–H and O–H groups in total. The van der Waals surface area contributed by atoms with E-state index in [1.165, 1.54) is 11.0 Å². The summed E-state index contributed by atoms with van der Waals surface area (Å²) in [6, 6.07) is 9.67. The van der Waals surface area contributed by atoms with Crippen molar-refractivity contribution in [3.8, 4) is 5.95 Å². The summed E-state index contributed by atoms with van der Waals surface area (Å²) in [6.07, 6.45) is 0.694. The fraction of sp³-hybridized carbons (Fsp3) is 0.286. The summed E-state index contributed by atoms with van der Waals surface area (Å²) >= 11 is 0. The summed E-state index contributed by atoms with van der Waals surface area (Å²) in [7, 11) is 0. The van der Waals surface area contributed by atoms with E-state index in [1.54, 1.807) is 11.6 Å². The number of alkyl halides is 1. The fourth-order valence-corrected chi connectivity index (χ4v) is 2.71. The van der Waals surface area contributed by atoms with Gasteiger partial charge in [-0.25, -0.2) is 14.1 Å². The molecule has 2 atom stereocenters. The summed E-state index contributed by atoms with van der Waals surface area (Å²) in [5.74, 6) is 1.39. The minimum absolute atomic E-state index is 0.124. The van der Waals surface area contributed by atoms with Crippen LogP contribution >= 0.6 is 0 Å². The summed E-state index contributed by atoms with van der Waals surface area (Å²) in [5, 5.41) is 8.49. The second kappa shape index (κ2) is 4.47. The molecule has 0 saturated heterocycles. The molecule has 0 fully saturated rings. The Labute approximate surface area is 120 Å². The van der Waals surface area contributed by atoms with Gasteiger partial charge in [-0.2, -0.15) is 14.8 Å². The molecule has 1 aliphatic heterocycles. The molecule has 2 aromatic heterocycles. The Morgan fingerprint density at radius 2 is 2.05 bits per heavy atom. The quantitative estimate of drug-likeness (QED) is 0.723. The Morgan fingerprint density at radius 3 is 2.76 bits per heavy atom. The van der Waals surface area contributed by atoms with Crippen molar-refractivity contribution in [2.75, 3.05) is 0 Å². The molecule has 0 aliphatic carbocycles. The predicted molar refractivity (Wildman–Crippen MR) is 72.7 cm³/mol. The Morgan fingerprint density at radius 1 is 1.24 bits per heavy atom. The van der Waals surface area contributed by atoms with E-state index in [-0.39, 0.29) is 6.04 Å². The van der Waals surface area contributed by atoms with Gasteiger partial charge in [0.15, 0.2) is 12.0 Å². The molecule has 0 spiro atoms. The molecular formula is C14H13FN6. The van der Waals surface area contributed by atoms with Gasteiger partial charge in [0.1, 0.15) is 12.2 Å². The highest BCUT2D eigenvalue weighted by Gasteiger charge is 2.35. The molecule has 0 radical (unpaired) electrons. The monoisotopic (exact) mass is 284 g/mol. The number of halogens is 1. The number of aromatic nitrogens is 6. The fourth-order valence-electron chi connectivity index (χ4n) is 2.71. The molecule has 106 valence electrons. The standard InChI is InChI=1S/C14H13FN6/c1-9-16-8-17-20(9)14-18-13-11(15)7-12(21(13)19-14)10-5-3-2-4-6-10/h2-6,8,11-12H,7H2,1H3/t11-,12-/m0/s1. The zero-order valence-electron chi connectivity index (χ0n) is 11.4. The third-order valence-electron chi connectivity index (χ3n) is 3.74. The molecule has 0 unspecified atom stereocenters. The SMILES string of the molecule is Cc1ncnn1-c1nc2n(n1)[C@H](c1ccccc1)C[C@@H]2F. The first-order valence-corrected chi connectivity index (χ1v) is 6.76. The number of hydrogen-bond donors (Lipinski definition) is 0. The van der Waals surface area contributed by atoms with Crippen LogP contribution in [0.1, 0.15) is 35.8 Å². The van der Waals surface area contributed by atoms with E-state index in [9.17, 15) is 4.39 Å². The first kappa shape index (κ1) is 12.2. The van der Waals surface area contributed by atoms with Gasteiger partial charge >= 0.3 is 0 Å². The van der Waals surface area contributed by atoms with Crippen LogP contribution in [0.15, 0.2) is 36.7 Å². The first-order valence-electron chi connectivity index (χ1n) is 6.76. The zero-order chi connectivity index (χ0) is 14.4. The Balaban J connectivity index is 1.80.